The minimum Gasteiger partial charge on any atom is -0.399 e. The Bertz CT molecular complexity index is 798. The highest BCUT2D eigenvalue weighted by Crippen LogP contribution is 2.27. The summed E-state index contributed by atoms with van der Waals surface area (Å²) in [6.07, 6.45) is 0. The van der Waals surface area contributed by atoms with Crippen LogP contribution in [0.25, 0.3) is 17.1 Å². The lowest BCUT2D eigenvalue weighted by molar-refractivity contribution is 0.629. The normalized spacial score (nSPS) is 10.8. The van der Waals surface area contributed by atoms with Gasteiger partial charge < -0.3 is 5.73 Å². The molecule has 0 spiro atoms. The van der Waals surface area contributed by atoms with Crippen molar-refractivity contribution >= 4 is 17.3 Å². The van der Waals surface area contributed by atoms with E-state index in [2.05, 4.69) is 15.5 Å². The molecule has 3 rings (SSSR count). The second-order valence-electron chi connectivity index (χ2n) is 4.54. The van der Waals surface area contributed by atoms with Gasteiger partial charge in [-0.25, -0.2) is 4.39 Å². The summed E-state index contributed by atoms with van der Waals surface area (Å²) in [6.45, 7) is 1.85. The number of nitrogen functional groups attached to an aromatic ring is 1. The first kappa shape index (κ1) is 13.5. The molecule has 1 heterocycles. The molecule has 7 heteroatoms. The van der Waals surface area contributed by atoms with E-state index in [-0.39, 0.29) is 11.4 Å². The van der Waals surface area contributed by atoms with Gasteiger partial charge in [0, 0.05) is 10.7 Å². The lowest BCUT2D eigenvalue weighted by Crippen LogP contribution is -2.03. The molecule has 2 N–H and O–H groups in total. The minimum absolute atomic E-state index is 0.236. The van der Waals surface area contributed by atoms with Gasteiger partial charge in [0.2, 0.25) is 0 Å². The fourth-order valence-corrected chi connectivity index (χ4v) is 2.23. The Labute approximate surface area is 125 Å². The predicted octanol–water partition coefficient (Wildman–Crippen LogP) is 3.01. The highest BCUT2D eigenvalue weighted by atomic mass is 35.5. The van der Waals surface area contributed by atoms with Crippen molar-refractivity contribution in [3.05, 3.63) is 52.8 Å². The van der Waals surface area contributed by atoms with E-state index in [4.69, 9.17) is 17.3 Å². The monoisotopic (exact) mass is 303 g/mol. The van der Waals surface area contributed by atoms with E-state index in [0.717, 1.165) is 5.56 Å². The first-order valence-electron chi connectivity index (χ1n) is 6.17. The van der Waals surface area contributed by atoms with Crippen LogP contribution in [0.1, 0.15) is 5.56 Å². The molecule has 0 atom stereocenters. The molecule has 0 radical (unpaired) electrons. The molecule has 0 saturated heterocycles. The van der Waals surface area contributed by atoms with Crippen molar-refractivity contribution in [3.8, 4) is 17.1 Å². The summed E-state index contributed by atoms with van der Waals surface area (Å²) in [5.74, 6) is -0.176. The SMILES string of the molecule is Cc1c(Cl)cccc1-n1nnnc1-c1cc(N)ccc1F. The van der Waals surface area contributed by atoms with Crippen LogP contribution >= 0.6 is 11.6 Å². The molecule has 3 aromatic rings. The summed E-state index contributed by atoms with van der Waals surface area (Å²) in [6, 6.07) is 9.63. The average Bonchev–Trinajstić information content (AvgIpc) is 2.93. The molecular weight excluding hydrogens is 293 g/mol. The molecule has 0 amide bonds. The maximum absolute atomic E-state index is 14.0. The van der Waals surface area contributed by atoms with Gasteiger partial charge in [0.25, 0.3) is 0 Å². The molecule has 21 heavy (non-hydrogen) atoms. The third-order valence-electron chi connectivity index (χ3n) is 3.17. The second-order valence-corrected chi connectivity index (χ2v) is 4.94. The number of hydrogen-bond donors (Lipinski definition) is 1. The highest BCUT2D eigenvalue weighted by Gasteiger charge is 2.17. The maximum atomic E-state index is 14.0. The Hall–Kier alpha value is -2.47. The summed E-state index contributed by atoms with van der Waals surface area (Å²) < 4.78 is 15.5. The van der Waals surface area contributed by atoms with E-state index < -0.39 is 5.82 Å². The van der Waals surface area contributed by atoms with Gasteiger partial charge in [-0.1, -0.05) is 17.7 Å². The molecule has 0 aliphatic carbocycles. The minimum atomic E-state index is -0.445. The Morgan fingerprint density at radius 1 is 1.24 bits per heavy atom. The molecule has 0 unspecified atom stereocenters. The Balaban J connectivity index is 2.22. The van der Waals surface area contributed by atoms with Gasteiger partial charge in [-0.2, -0.15) is 4.68 Å². The molecule has 0 fully saturated rings. The van der Waals surface area contributed by atoms with Crippen molar-refractivity contribution in [2.45, 2.75) is 6.92 Å². The lowest BCUT2D eigenvalue weighted by Gasteiger charge is -2.09. The van der Waals surface area contributed by atoms with Crippen LogP contribution in [0.4, 0.5) is 10.1 Å². The molecule has 0 aliphatic heterocycles. The smallest absolute Gasteiger partial charge is 0.190 e. The Kier molecular flexibility index (Phi) is 3.31. The van der Waals surface area contributed by atoms with E-state index in [1.807, 2.05) is 13.0 Å². The number of tetrazole rings is 1. The summed E-state index contributed by atoms with van der Waals surface area (Å²) in [5.41, 5.74) is 7.87. The van der Waals surface area contributed by atoms with Gasteiger partial charge in [-0.05, 0) is 53.2 Å². The van der Waals surface area contributed by atoms with Gasteiger partial charge in [-0.15, -0.1) is 5.10 Å². The first-order chi connectivity index (χ1) is 10.1. The number of aromatic nitrogens is 4. The first-order valence-corrected chi connectivity index (χ1v) is 6.55. The fourth-order valence-electron chi connectivity index (χ4n) is 2.06. The van der Waals surface area contributed by atoms with E-state index in [1.54, 1.807) is 12.1 Å². The molecule has 0 bridgehead atoms. The maximum Gasteiger partial charge on any atom is 0.190 e. The second kappa shape index (κ2) is 5.14. The van der Waals surface area contributed by atoms with Crippen LogP contribution < -0.4 is 5.73 Å². The third-order valence-corrected chi connectivity index (χ3v) is 3.58. The van der Waals surface area contributed by atoms with Crippen molar-refractivity contribution < 1.29 is 4.39 Å². The number of rotatable bonds is 2. The van der Waals surface area contributed by atoms with Crippen LogP contribution in [0.5, 0.6) is 0 Å². The lowest BCUT2D eigenvalue weighted by atomic mass is 10.1. The molecular formula is C14H11ClFN5. The van der Waals surface area contributed by atoms with E-state index in [1.165, 1.54) is 22.9 Å². The van der Waals surface area contributed by atoms with Crippen LogP contribution in [0, 0.1) is 12.7 Å². The quantitative estimate of drug-likeness (QED) is 0.739. The van der Waals surface area contributed by atoms with Crippen molar-refractivity contribution in [1.29, 1.82) is 0 Å². The van der Waals surface area contributed by atoms with Gasteiger partial charge in [0.15, 0.2) is 5.82 Å². The van der Waals surface area contributed by atoms with E-state index >= 15 is 0 Å². The van der Waals surface area contributed by atoms with Gasteiger partial charge in [-0.3, -0.25) is 0 Å². The van der Waals surface area contributed by atoms with E-state index in [9.17, 15) is 4.39 Å². The van der Waals surface area contributed by atoms with Gasteiger partial charge >= 0.3 is 0 Å². The van der Waals surface area contributed by atoms with E-state index in [0.29, 0.717) is 16.4 Å². The van der Waals surface area contributed by atoms with Crippen molar-refractivity contribution in [3.63, 3.8) is 0 Å². The fraction of sp³-hybridized carbons (Fsp3) is 0.0714. The number of nitrogens with two attached hydrogens (primary N) is 1. The van der Waals surface area contributed by atoms with Crippen molar-refractivity contribution in [2.24, 2.45) is 0 Å². The molecule has 0 saturated carbocycles. The van der Waals surface area contributed by atoms with Crippen molar-refractivity contribution in [2.75, 3.05) is 5.73 Å². The highest BCUT2D eigenvalue weighted by molar-refractivity contribution is 6.31. The molecule has 1 aromatic heterocycles. The third kappa shape index (κ3) is 2.34. The number of anilines is 1. The van der Waals surface area contributed by atoms with Gasteiger partial charge in [0.1, 0.15) is 5.82 Å². The molecule has 2 aromatic carbocycles. The van der Waals surface area contributed by atoms with Crippen LogP contribution in [-0.4, -0.2) is 20.2 Å². The van der Waals surface area contributed by atoms with Crippen LogP contribution in [0.3, 0.4) is 0 Å². The number of hydrogen-bond acceptors (Lipinski definition) is 4. The topological polar surface area (TPSA) is 69.6 Å². The largest absolute Gasteiger partial charge is 0.399 e. The number of halogens is 2. The standard InChI is InChI=1S/C14H11ClFN5/c1-8-11(15)3-2-4-13(8)21-14(18-19-20-21)10-7-9(17)5-6-12(10)16/h2-7H,17H2,1H3. The zero-order valence-corrected chi connectivity index (χ0v) is 11.8. The van der Waals surface area contributed by atoms with Gasteiger partial charge in [0.05, 0.1) is 11.3 Å². The number of nitrogens with zero attached hydrogens (tertiary/aromatic N) is 4. The van der Waals surface area contributed by atoms with Crippen molar-refractivity contribution in [1.82, 2.24) is 20.2 Å². The molecule has 0 aliphatic rings. The molecule has 106 valence electrons. The summed E-state index contributed by atoms with van der Waals surface area (Å²) in [5, 5.41) is 12.0. The summed E-state index contributed by atoms with van der Waals surface area (Å²) >= 11 is 6.11. The zero-order valence-electron chi connectivity index (χ0n) is 11.1. The molecule has 5 nitrogen and oxygen atoms in total. The zero-order chi connectivity index (χ0) is 15.0. The summed E-state index contributed by atoms with van der Waals surface area (Å²) in [4.78, 5) is 0. The van der Waals surface area contributed by atoms with Crippen LogP contribution in [-0.2, 0) is 0 Å². The van der Waals surface area contributed by atoms with Crippen LogP contribution in [0.2, 0.25) is 5.02 Å². The predicted molar refractivity (Wildman–Crippen MR) is 78.7 cm³/mol. The average molecular weight is 304 g/mol. The number of benzene rings is 2. The van der Waals surface area contributed by atoms with Crippen LogP contribution in [0.15, 0.2) is 36.4 Å². The summed E-state index contributed by atoms with van der Waals surface area (Å²) in [7, 11) is 0. The Morgan fingerprint density at radius 2 is 2.05 bits per heavy atom. The Morgan fingerprint density at radius 3 is 2.86 bits per heavy atom.